The molecule has 8 heteroatoms. The quantitative estimate of drug-likeness (QED) is 0.342. The number of ether oxygens (including phenoxy) is 1. The second-order valence-electron chi connectivity index (χ2n) is 10.2. The van der Waals surface area contributed by atoms with Gasteiger partial charge in [0.2, 0.25) is 0 Å². The number of nitriles is 1. The summed E-state index contributed by atoms with van der Waals surface area (Å²) >= 11 is 0. The highest BCUT2D eigenvalue weighted by atomic mass is 19.3. The SMILES string of the molecule is C=C(/N=C\C(C#N)=C(/N)NC[C@]12CC3CC(C1)[C@@H](C)C(C3)C2)NCc1ccccc1OC(F)F. The van der Waals surface area contributed by atoms with Crippen molar-refractivity contribution in [1.29, 1.82) is 5.26 Å². The summed E-state index contributed by atoms with van der Waals surface area (Å²) in [6, 6.07) is 8.60. The van der Waals surface area contributed by atoms with Crippen molar-refractivity contribution in [2.75, 3.05) is 6.54 Å². The predicted octanol–water partition coefficient (Wildman–Crippen LogP) is 4.67. The standard InChI is InChI=1S/C26H33F2N5O/c1-16-20-7-18-8-21(16)11-26(9-18,10-20)15-33-24(30)22(12-29)14-32-17(2)31-13-19-5-3-4-6-23(19)34-25(27)28/h3-6,14,16,18,20-21,25,31,33H,2,7-11,13,15,30H2,1H3/b24-22+,32-14-/t16-,18?,20?,21?,26-. The lowest BCUT2D eigenvalue weighted by Crippen LogP contribution is -2.53. The topological polar surface area (TPSA) is 95.5 Å². The number of nitrogens with zero attached hydrogens (tertiary/aromatic N) is 2. The minimum atomic E-state index is -2.90. The van der Waals surface area contributed by atoms with E-state index in [4.69, 9.17) is 5.73 Å². The molecule has 4 bridgehead atoms. The number of para-hydroxylation sites is 1. The van der Waals surface area contributed by atoms with Crippen molar-refractivity contribution in [3.8, 4) is 11.8 Å². The van der Waals surface area contributed by atoms with Crippen LogP contribution in [0.5, 0.6) is 5.75 Å². The van der Waals surface area contributed by atoms with Gasteiger partial charge in [-0.2, -0.15) is 14.0 Å². The summed E-state index contributed by atoms with van der Waals surface area (Å²) < 4.78 is 29.7. The van der Waals surface area contributed by atoms with Crippen LogP contribution in [-0.4, -0.2) is 19.4 Å². The van der Waals surface area contributed by atoms with E-state index in [0.717, 1.165) is 30.2 Å². The van der Waals surface area contributed by atoms with Crippen molar-refractivity contribution < 1.29 is 13.5 Å². The van der Waals surface area contributed by atoms with Crippen LogP contribution in [-0.2, 0) is 6.54 Å². The Morgan fingerprint density at radius 1 is 1.29 bits per heavy atom. The van der Waals surface area contributed by atoms with Crippen molar-refractivity contribution >= 4 is 6.21 Å². The summed E-state index contributed by atoms with van der Waals surface area (Å²) in [7, 11) is 0. The number of halogens is 2. The average molecular weight is 470 g/mol. The van der Waals surface area contributed by atoms with E-state index in [1.807, 2.05) is 0 Å². The Labute approximate surface area is 200 Å². The monoisotopic (exact) mass is 469 g/mol. The molecule has 0 saturated heterocycles. The van der Waals surface area contributed by atoms with Gasteiger partial charge in [0.25, 0.3) is 0 Å². The zero-order valence-electron chi connectivity index (χ0n) is 19.6. The summed E-state index contributed by atoms with van der Waals surface area (Å²) in [5.41, 5.74) is 7.28. The molecule has 4 aliphatic rings. The zero-order valence-corrected chi connectivity index (χ0v) is 19.6. The van der Waals surface area contributed by atoms with E-state index < -0.39 is 6.61 Å². The summed E-state index contributed by atoms with van der Waals surface area (Å²) in [5.74, 6) is 3.99. The molecule has 0 amide bonds. The van der Waals surface area contributed by atoms with Gasteiger partial charge in [-0.3, -0.25) is 0 Å². The molecule has 4 fully saturated rings. The fourth-order valence-corrected chi connectivity index (χ4v) is 6.45. The van der Waals surface area contributed by atoms with E-state index in [9.17, 15) is 14.0 Å². The number of hydrogen-bond acceptors (Lipinski definition) is 6. The van der Waals surface area contributed by atoms with Gasteiger partial charge in [-0.05, 0) is 67.3 Å². The highest BCUT2D eigenvalue weighted by Crippen LogP contribution is 2.61. The summed E-state index contributed by atoms with van der Waals surface area (Å²) in [4.78, 5) is 4.19. The third-order valence-electron chi connectivity index (χ3n) is 7.96. The van der Waals surface area contributed by atoms with Crippen molar-refractivity contribution in [2.45, 2.75) is 52.2 Å². The molecule has 4 aliphatic carbocycles. The van der Waals surface area contributed by atoms with Gasteiger partial charge < -0.3 is 21.1 Å². The van der Waals surface area contributed by atoms with Crippen LogP contribution < -0.4 is 21.1 Å². The molecule has 2 unspecified atom stereocenters. The average Bonchev–Trinajstić information content (AvgIpc) is 2.80. The first-order valence-corrected chi connectivity index (χ1v) is 11.9. The number of nitrogens with two attached hydrogens (primary N) is 1. The molecule has 1 aromatic carbocycles. The molecule has 0 radical (unpaired) electrons. The molecule has 34 heavy (non-hydrogen) atoms. The number of rotatable bonds is 10. The number of benzene rings is 1. The van der Waals surface area contributed by atoms with Crippen molar-refractivity contribution in [3.05, 3.63) is 53.6 Å². The van der Waals surface area contributed by atoms with Crippen LogP contribution in [0.25, 0.3) is 0 Å². The van der Waals surface area contributed by atoms with E-state index in [0.29, 0.717) is 11.4 Å². The van der Waals surface area contributed by atoms with Gasteiger partial charge in [-0.25, -0.2) is 4.99 Å². The Bertz CT molecular complexity index is 999. The first-order chi connectivity index (χ1) is 16.3. The second kappa shape index (κ2) is 10.0. The molecule has 5 rings (SSSR count). The number of nitrogens with one attached hydrogen (secondary N) is 2. The van der Waals surface area contributed by atoms with E-state index in [1.54, 1.807) is 18.2 Å². The van der Waals surface area contributed by atoms with Gasteiger partial charge in [-0.1, -0.05) is 31.7 Å². The van der Waals surface area contributed by atoms with E-state index in [2.05, 4.69) is 39.9 Å². The summed E-state index contributed by atoms with van der Waals surface area (Å²) in [6.07, 6.45) is 7.86. The smallest absolute Gasteiger partial charge is 0.387 e. The van der Waals surface area contributed by atoms with Gasteiger partial charge in [-0.15, -0.1) is 0 Å². The molecular weight excluding hydrogens is 436 g/mol. The van der Waals surface area contributed by atoms with Gasteiger partial charge in [0.05, 0.1) is 6.21 Å². The Hall–Kier alpha value is -3.08. The molecule has 6 nitrogen and oxygen atoms in total. The van der Waals surface area contributed by atoms with E-state index in [-0.39, 0.29) is 29.1 Å². The number of hydrogen-bond donors (Lipinski definition) is 3. The first kappa shape index (κ1) is 24.1. The van der Waals surface area contributed by atoms with Crippen molar-refractivity contribution in [3.63, 3.8) is 0 Å². The molecule has 4 saturated carbocycles. The van der Waals surface area contributed by atoms with Gasteiger partial charge in [0, 0.05) is 18.7 Å². The van der Waals surface area contributed by atoms with Crippen LogP contribution in [0.1, 0.15) is 44.6 Å². The van der Waals surface area contributed by atoms with Gasteiger partial charge in [0.15, 0.2) is 0 Å². The van der Waals surface area contributed by atoms with Crippen molar-refractivity contribution in [2.24, 2.45) is 39.8 Å². The van der Waals surface area contributed by atoms with E-state index in [1.165, 1.54) is 44.4 Å². The van der Waals surface area contributed by atoms with Crippen LogP contribution in [0.15, 0.2) is 53.1 Å². The third kappa shape index (κ3) is 5.35. The highest BCUT2D eigenvalue weighted by molar-refractivity contribution is 5.85. The minimum Gasteiger partial charge on any atom is -0.434 e. The maximum Gasteiger partial charge on any atom is 0.387 e. The van der Waals surface area contributed by atoms with Gasteiger partial charge in [0.1, 0.15) is 29.0 Å². The molecular formula is C26H33F2N5O. The molecule has 0 aromatic heterocycles. The van der Waals surface area contributed by atoms with Crippen LogP contribution in [0.2, 0.25) is 0 Å². The first-order valence-electron chi connectivity index (χ1n) is 11.9. The number of alkyl halides is 2. The Balaban J connectivity index is 1.32. The molecule has 0 aliphatic heterocycles. The van der Waals surface area contributed by atoms with Crippen LogP contribution >= 0.6 is 0 Å². The zero-order chi connectivity index (χ0) is 24.3. The van der Waals surface area contributed by atoms with E-state index >= 15 is 0 Å². The fourth-order valence-electron chi connectivity index (χ4n) is 6.45. The maximum absolute atomic E-state index is 12.6. The van der Waals surface area contributed by atoms with Crippen LogP contribution in [0.3, 0.4) is 0 Å². The molecule has 182 valence electrons. The molecule has 0 heterocycles. The second-order valence-corrected chi connectivity index (χ2v) is 10.2. The van der Waals surface area contributed by atoms with Gasteiger partial charge >= 0.3 is 6.61 Å². The summed E-state index contributed by atoms with van der Waals surface area (Å²) in [6.45, 7) is 4.31. The Morgan fingerprint density at radius 3 is 2.68 bits per heavy atom. The fraction of sp³-hybridized carbons (Fsp3) is 0.538. The Kier molecular flexibility index (Phi) is 7.11. The molecule has 0 spiro atoms. The minimum absolute atomic E-state index is 0.0897. The van der Waals surface area contributed by atoms with Crippen molar-refractivity contribution in [1.82, 2.24) is 10.6 Å². The maximum atomic E-state index is 12.6. The summed E-state index contributed by atoms with van der Waals surface area (Å²) in [5, 5.41) is 15.8. The third-order valence-corrected chi connectivity index (χ3v) is 7.96. The number of aliphatic imine (C=N–C) groups is 1. The highest BCUT2D eigenvalue weighted by Gasteiger charge is 2.53. The largest absolute Gasteiger partial charge is 0.434 e. The Morgan fingerprint density at radius 2 is 2.00 bits per heavy atom. The lowest BCUT2D eigenvalue weighted by molar-refractivity contribution is -0.0868. The molecule has 1 aromatic rings. The predicted molar refractivity (Wildman–Crippen MR) is 128 cm³/mol. The normalized spacial score (nSPS) is 30.2. The molecule has 2 atom stereocenters. The lowest BCUT2D eigenvalue weighted by Gasteiger charge is -2.59. The van der Waals surface area contributed by atoms with Crippen LogP contribution in [0, 0.1) is 40.4 Å². The van der Waals surface area contributed by atoms with Crippen LogP contribution in [0.4, 0.5) is 8.78 Å². The lowest BCUT2D eigenvalue weighted by atomic mass is 9.46. The molecule has 4 N–H and O–H groups in total. The number of allylic oxidation sites excluding steroid dienone is 1.